The third-order valence-corrected chi connectivity index (χ3v) is 3.45. The highest BCUT2D eigenvalue weighted by atomic mass is 35.5. The van der Waals surface area contributed by atoms with Crippen molar-refractivity contribution in [2.75, 3.05) is 19.5 Å². The number of nitrogen functional groups attached to an aromatic ring is 1. The van der Waals surface area contributed by atoms with E-state index in [4.69, 9.17) is 26.8 Å². The van der Waals surface area contributed by atoms with E-state index >= 15 is 0 Å². The first-order valence-electron chi connectivity index (χ1n) is 7.11. The van der Waals surface area contributed by atoms with Crippen molar-refractivity contribution in [1.29, 1.82) is 0 Å². The lowest BCUT2D eigenvalue weighted by molar-refractivity contribution is -0.124. The van der Waals surface area contributed by atoms with Crippen LogP contribution in [0.5, 0.6) is 5.75 Å². The average Bonchev–Trinajstić information content (AvgIpc) is 2.60. The van der Waals surface area contributed by atoms with Crippen LogP contribution in [0.25, 0.3) is 0 Å². The summed E-state index contributed by atoms with van der Waals surface area (Å²) in [5.74, 6) is -0.382. The fourth-order valence-corrected chi connectivity index (χ4v) is 2.08. The lowest BCUT2D eigenvalue weighted by atomic mass is 10.2. The minimum Gasteiger partial charge on any atom is -0.497 e. The third kappa shape index (κ3) is 4.89. The molecule has 0 aliphatic heterocycles. The zero-order valence-corrected chi connectivity index (χ0v) is 13.8. The molecule has 6 nitrogen and oxygen atoms in total. The summed E-state index contributed by atoms with van der Waals surface area (Å²) >= 11 is 5.81. The van der Waals surface area contributed by atoms with Crippen LogP contribution in [-0.4, -0.2) is 25.6 Å². The molecule has 0 aliphatic carbocycles. The molecule has 0 fully saturated rings. The molecule has 0 aliphatic rings. The van der Waals surface area contributed by atoms with Gasteiger partial charge in [0.15, 0.2) is 6.61 Å². The number of hydrogen-bond donors (Lipinski definition) is 2. The molecule has 0 spiro atoms. The molecule has 0 radical (unpaired) electrons. The van der Waals surface area contributed by atoms with E-state index in [-0.39, 0.29) is 11.3 Å². The molecule has 2 aromatic carbocycles. The summed E-state index contributed by atoms with van der Waals surface area (Å²) in [6.45, 7) is -0.0827. The standard InChI is InChI=1S/C17H17ClN2O4/c1-23-13-5-2-11(3-6-13)9-20-16(21)10-24-17(22)14-8-12(18)4-7-15(14)19/h2-8H,9-10,19H2,1H3,(H,20,21). The van der Waals surface area contributed by atoms with E-state index in [1.54, 1.807) is 25.3 Å². The summed E-state index contributed by atoms with van der Waals surface area (Å²) in [5.41, 5.74) is 6.95. The minimum absolute atomic E-state index is 0.130. The van der Waals surface area contributed by atoms with E-state index in [0.29, 0.717) is 11.6 Å². The Morgan fingerprint density at radius 1 is 1.17 bits per heavy atom. The highest BCUT2D eigenvalue weighted by Crippen LogP contribution is 2.18. The van der Waals surface area contributed by atoms with Gasteiger partial charge in [-0.3, -0.25) is 4.79 Å². The molecule has 126 valence electrons. The summed E-state index contributed by atoms with van der Waals surface area (Å²) in [4.78, 5) is 23.7. The summed E-state index contributed by atoms with van der Waals surface area (Å²) in [7, 11) is 1.58. The third-order valence-electron chi connectivity index (χ3n) is 3.22. The number of rotatable bonds is 6. The predicted octanol–water partition coefficient (Wildman–Crippen LogP) is 2.40. The minimum atomic E-state index is -0.699. The molecule has 2 rings (SSSR count). The van der Waals surface area contributed by atoms with E-state index in [1.165, 1.54) is 12.1 Å². The summed E-state index contributed by atoms with van der Waals surface area (Å²) in [5, 5.41) is 3.02. The maximum atomic E-state index is 11.9. The predicted molar refractivity (Wildman–Crippen MR) is 91.0 cm³/mol. The van der Waals surface area contributed by atoms with Crippen LogP contribution in [0.15, 0.2) is 42.5 Å². The number of amides is 1. The number of methoxy groups -OCH3 is 1. The number of nitrogens with one attached hydrogen (secondary N) is 1. The van der Waals surface area contributed by atoms with Crippen molar-refractivity contribution in [3.8, 4) is 5.75 Å². The molecule has 0 bridgehead atoms. The lowest BCUT2D eigenvalue weighted by Crippen LogP contribution is -2.28. The van der Waals surface area contributed by atoms with Gasteiger partial charge in [0.05, 0.1) is 12.7 Å². The van der Waals surface area contributed by atoms with E-state index in [0.717, 1.165) is 11.3 Å². The topological polar surface area (TPSA) is 90.6 Å². The summed E-state index contributed by atoms with van der Waals surface area (Å²) in [6, 6.07) is 11.7. The van der Waals surface area contributed by atoms with Gasteiger partial charge in [0.25, 0.3) is 5.91 Å². The first-order chi connectivity index (χ1) is 11.5. The molecule has 0 heterocycles. The Kier molecular flexibility index (Phi) is 6.03. The smallest absolute Gasteiger partial charge is 0.340 e. The van der Waals surface area contributed by atoms with Gasteiger partial charge in [-0.2, -0.15) is 0 Å². The highest BCUT2D eigenvalue weighted by molar-refractivity contribution is 6.31. The molecule has 1 amide bonds. The molecule has 0 saturated heterocycles. The van der Waals surface area contributed by atoms with Crippen molar-refractivity contribution >= 4 is 29.2 Å². The summed E-state index contributed by atoms with van der Waals surface area (Å²) in [6.07, 6.45) is 0. The Labute approximate surface area is 144 Å². The number of hydrogen-bond acceptors (Lipinski definition) is 5. The number of benzene rings is 2. The molecule has 0 unspecified atom stereocenters. The fraction of sp³-hybridized carbons (Fsp3) is 0.176. The maximum absolute atomic E-state index is 11.9. The largest absolute Gasteiger partial charge is 0.497 e. The van der Waals surface area contributed by atoms with E-state index in [9.17, 15) is 9.59 Å². The number of carbonyl (C=O) groups excluding carboxylic acids is 2. The van der Waals surface area contributed by atoms with Crippen LogP contribution in [-0.2, 0) is 16.1 Å². The number of carbonyl (C=O) groups is 2. The number of anilines is 1. The molecule has 0 saturated carbocycles. The molecular formula is C17H17ClN2O4. The van der Waals surface area contributed by atoms with Gasteiger partial charge in [-0.1, -0.05) is 23.7 Å². The van der Waals surface area contributed by atoms with Crippen LogP contribution in [0.4, 0.5) is 5.69 Å². The first kappa shape index (κ1) is 17.6. The average molecular weight is 349 g/mol. The first-order valence-corrected chi connectivity index (χ1v) is 7.49. The van der Waals surface area contributed by atoms with Gasteiger partial charge in [0, 0.05) is 17.3 Å². The van der Waals surface area contributed by atoms with Gasteiger partial charge in [-0.05, 0) is 35.9 Å². The Morgan fingerprint density at radius 3 is 2.54 bits per heavy atom. The number of esters is 1. The van der Waals surface area contributed by atoms with Crippen molar-refractivity contribution < 1.29 is 19.1 Å². The monoisotopic (exact) mass is 348 g/mol. The van der Waals surface area contributed by atoms with Crippen LogP contribution < -0.4 is 15.8 Å². The molecular weight excluding hydrogens is 332 g/mol. The van der Waals surface area contributed by atoms with Crippen LogP contribution in [0.2, 0.25) is 5.02 Å². The van der Waals surface area contributed by atoms with Crippen molar-refractivity contribution in [2.45, 2.75) is 6.54 Å². The Morgan fingerprint density at radius 2 is 1.88 bits per heavy atom. The fourth-order valence-electron chi connectivity index (χ4n) is 1.91. The summed E-state index contributed by atoms with van der Waals surface area (Å²) < 4.78 is 10.00. The highest BCUT2D eigenvalue weighted by Gasteiger charge is 2.13. The van der Waals surface area contributed by atoms with Gasteiger partial charge in [0.2, 0.25) is 0 Å². The molecule has 0 atom stereocenters. The van der Waals surface area contributed by atoms with Crippen molar-refractivity contribution in [3.63, 3.8) is 0 Å². The number of nitrogens with two attached hydrogens (primary N) is 1. The van der Waals surface area contributed by atoms with Crippen molar-refractivity contribution in [1.82, 2.24) is 5.32 Å². The lowest BCUT2D eigenvalue weighted by Gasteiger charge is -2.08. The number of halogens is 1. The second-order valence-electron chi connectivity index (χ2n) is 4.93. The molecule has 24 heavy (non-hydrogen) atoms. The maximum Gasteiger partial charge on any atom is 0.340 e. The molecule has 3 N–H and O–H groups in total. The molecule has 0 aromatic heterocycles. The quantitative estimate of drug-likeness (QED) is 0.618. The van der Waals surface area contributed by atoms with Crippen LogP contribution >= 0.6 is 11.6 Å². The number of ether oxygens (including phenoxy) is 2. The zero-order chi connectivity index (χ0) is 17.5. The SMILES string of the molecule is COc1ccc(CNC(=O)COC(=O)c2cc(Cl)ccc2N)cc1. The Hall–Kier alpha value is -2.73. The van der Waals surface area contributed by atoms with Gasteiger partial charge >= 0.3 is 5.97 Å². The molecule has 7 heteroatoms. The molecule has 2 aromatic rings. The second kappa shape index (κ2) is 8.21. The second-order valence-corrected chi connectivity index (χ2v) is 5.37. The van der Waals surface area contributed by atoms with Crippen molar-refractivity contribution in [3.05, 3.63) is 58.6 Å². The Bertz CT molecular complexity index is 732. The van der Waals surface area contributed by atoms with Crippen LogP contribution in [0.1, 0.15) is 15.9 Å². The van der Waals surface area contributed by atoms with Gasteiger partial charge in [-0.15, -0.1) is 0 Å². The zero-order valence-electron chi connectivity index (χ0n) is 13.0. The van der Waals surface area contributed by atoms with Crippen molar-refractivity contribution in [2.24, 2.45) is 0 Å². The van der Waals surface area contributed by atoms with E-state index < -0.39 is 18.5 Å². The van der Waals surface area contributed by atoms with Gasteiger partial charge < -0.3 is 20.5 Å². The van der Waals surface area contributed by atoms with Crippen LogP contribution in [0, 0.1) is 0 Å². The van der Waals surface area contributed by atoms with Gasteiger partial charge in [0.1, 0.15) is 5.75 Å². The normalized spacial score (nSPS) is 10.1. The van der Waals surface area contributed by atoms with Gasteiger partial charge in [-0.25, -0.2) is 4.79 Å². The van der Waals surface area contributed by atoms with E-state index in [2.05, 4.69) is 5.32 Å². The van der Waals surface area contributed by atoms with E-state index in [1.807, 2.05) is 12.1 Å². The van der Waals surface area contributed by atoms with Crippen LogP contribution in [0.3, 0.4) is 0 Å². The Balaban J connectivity index is 1.82.